The zero-order valence-electron chi connectivity index (χ0n) is 11.6. The zero-order valence-corrected chi connectivity index (χ0v) is 11.6. The zero-order chi connectivity index (χ0) is 15.8. The normalized spacial score (nSPS) is 11.4. The highest BCUT2D eigenvalue weighted by Crippen LogP contribution is 2.18. The van der Waals surface area contributed by atoms with Crippen molar-refractivity contribution in [2.45, 2.75) is 6.92 Å². The Kier molecular flexibility index (Phi) is 6.21. The minimum absolute atomic E-state index is 0.0426. The van der Waals surface area contributed by atoms with E-state index in [0.29, 0.717) is 16.7 Å². The van der Waals surface area contributed by atoms with Gasteiger partial charge in [0.05, 0.1) is 17.5 Å². The average Bonchev–Trinajstić information content (AvgIpc) is 2.84. The van der Waals surface area contributed by atoms with E-state index in [-0.39, 0.29) is 17.9 Å². The molecule has 0 saturated heterocycles. The van der Waals surface area contributed by atoms with E-state index >= 15 is 0 Å². The van der Waals surface area contributed by atoms with Gasteiger partial charge < -0.3 is 9.72 Å². The topological polar surface area (TPSA) is 65.9 Å². The molecular weight excluding hydrogens is 270 g/mol. The maximum Gasteiger partial charge on any atom is 0.219 e. The van der Waals surface area contributed by atoms with Gasteiger partial charge >= 0.3 is 0 Å². The Bertz CT molecular complexity index is 635. The number of hydrogen-bond acceptors (Lipinski definition) is 3. The van der Waals surface area contributed by atoms with E-state index in [2.05, 4.69) is 11.6 Å². The molecule has 1 aromatic heterocycles. The number of carbonyl (C=O) groups excluding carboxylic acids is 1. The number of ketones is 1. The van der Waals surface area contributed by atoms with Crippen molar-refractivity contribution in [1.82, 2.24) is 4.98 Å². The first-order chi connectivity index (χ1) is 9.99. The third-order valence-electron chi connectivity index (χ3n) is 2.44. The number of hydrogen-bond donors (Lipinski definition) is 1. The Hall–Kier alpha value is -2.55. The number of aromatic amines is 1. The maximum atomic E-state index is 11.9. The van der Waals surface area contributed by atoms with E-state index in [0.717, 1.165) is 0 Å². The highest BCUT2D eigenvalue weighted by Gasteiger charge is 2.14. The number of nitriles is 1. The van der Waals surface area contributed by atoms with Gasteiger partial charge in [-0.3, -0.25) is 4.79 Å². The molecule has 0 spiro atoms. The molecule has 1 N–H and O–H groups in total. The van der Waals surface area contributed by atoms with Crippen LogP contribution in [-0.4, -0.2) is 31.9 Å². The molecule has 4 nitrogen and oxygen atoms in total. The van der Waals surface area contributed by atoms with E-state index in [1.54, 1.807) is 31.2 Å². The number of H-pyrrole nitrogens is 1. The van der Waals surface area contributed by atoms with Crippen LogP contribution in [0.4, 0.5) is 4.39 Å². The summed E-state index contributed by atoms with van der Waals surface area (Å²) in [6.07, 6.45) is 4.55. The van der Waals surface area contributed by atoms with Gasteiger partial charge in [-0.15, -0.1) is 5.47 Å². The molecule has 6 heteroatoms. The van der Waals surface area contributed by atoms with Crippen LogP contribution in [0.5, 0.6) is 0 Å². The Labute approximate surface area is 124 Å². The molecule has 1 rings (SSSR count). The lowest BCUT2D eigenvalue weighted by Gasteiger charge is -1.96. The molecule has 0 amide bonds. The van der Waals surface area contributed by atoms with Gasteiger partial charge in [-0.1, -0.05) is 13.5 Å². The highest BCUT2D eigenvalue weighted by atomic mass is 19.1. The summed E-state index contributed by atoms with van der Waals surface area (Å²) >= 11 is 0. The van der Waals surface area contributed by atoms with Crippen molar-refractivity contribution in [3.05, 3.63) is 46.9 Å². The first-order valence-electron chi connectivity index (χ1n) is 6.14. The second kappa shape index (κ2) is 7.90. The van der Waals surface area contributed by atoms with Gasteiger partial charge in [-0.05, 0) is 18.2 Å². The van der Waals surface area contributed by atoms with Gasteiger partial charge in [-0.2, -0.15) is 5.26 Å². The number of Topliss-reactive ketones (excluding diaryl/α,β-unsaturated/α-hetero) is 1. The van der Waals surface area contributed by atoms with Crippen LogP contribution in [0, 0.1) is 11.3 Å². The molecule has 0 aliphatic carbocycles. The lowest BCUT2D eigenvalue weighted by atomic mass is 9.96. The number of nitrogens with zero attached hydrogens (tertiary/aromatic N) is 1. The van der Waals surface area contributed by atoms with Crippen LogP contribution in [0.3, 0.4) is 0 Å². The van der Waals surface area contributed by atoms with Crippen molar-refractivity contribution in [1.29, 1.82) is 5.26 Å². The Morgan fingerprint density at radius 3 is 2.95 bits per heavy atom. The van der Waals surface area contributed by atoms with Gasteiger partial charge in [-0.25, -0.2) is 4.39 Å². The SMILES string of the molecule is [B]/C(C)=C/c1[nH]c(C(=O)C(=C)C#N)cc1/C=C/OCCF. The number of alkyl halides is 1. The number of ether oxygens (including phenoxy) is 1. The summed E-state index contributed by atoms with van der Waals surface area (Å²) in [5, 5.41) is 8.70. The Balaban J connectivity index is 3.11. The van der Waals surface area contributed by atoms with Gasteiger partial charge in [0.15, 0.2) is 0 Å². The second-order valence-electron chi connectivity index (χ2n) is 4.22. The lowest BCUT2D eigenvalue weighted by Crippen LogP contribution is -2.00. The van der Waals surface area contributed by atoms with Gasteiger partial charge in [0.2, 0.25) is 5.78 Å². The summed E-state index contributed by atoms with van der Waals surface area (Å²) in [6, 6.07) is 3.25. The molecule has 21 heavy (non-hydrogen) atoms. The van der Waals surface area contributed by atoms with Crippen LogP contribution in [0.1, 0.15) is 28.7 Å². The van der Waals surface area contributed by atoms with Gasteiger partial charge in [0, 0.05) is 11.3 Å². The third kappa shape index (κ3) is 4.81. The summed E-state index contributed by atoms with van der Waals surface area (Å²) in [4.78, 5) is 14.8. The average molecular weight is 284 g/mol. The molecule has 0 aliphatic heterocycles. The number of allylic oxidation sites excluding steroid dienone is 2. The van der Waals surface area contributed by atoms with Crippen LogP contribution >= 0.6 is 0 Å². The summed E-state index contributed by atoms with van der Waals surface area (Å²) in [5.74, 6) is -0.494. The molecule has 0 atom stereocenters. The molecule has 0 aliphatic rings. The fraction of sp³-hybridized carbons (Fsp3) is 0.200. The largest absolute Gasteiger partial charge is 0.498 e. The third-order valence-corrected chi connectivity index (χ3v) is 2.44. The van der Waals surface area contributed by atoms with Crippen LogP contribution in [0.15, 0.2) is 30.0 Å². The molecule has 1 aromatic rings. The molecular formula is C15H14BFN2O2. The molecule has 0 saturated carbocycles. The van der Waals surface area contributed by atoms with Gasteiger partial charge in [0.1, 0.15) is 27.2 Å². The Morgan fingerprint density at radius 2 is 2.38 bits per heavy atom. The van der Waals surface area contributed by atoms with Crippen molar-refractivity contribution in [2.24, 2.45) is 0 Å². The first-order valence-corrected chi connectivity index (χ1v) is 6.14. The molecule has 106 valence electrons. The van der Waals surface area contributed by atoms with Crippen LogP contribution in [0.2, 0.25) is 0 Å². The molecule has 2 radical (unpaired) electrons. The second-order valence-corrected chi connectivity index (χ2v) is 4.22. The van der Waals surface area contributed by atoms with E-state index in [4.69, 9.17) is 17.8 Å². The van der Waals surface area contributed by atoms with Crippen molar-refractivity contribution < 1.29 is 13.9 Å². The number of aromatic nitrogens is 1. The van der Waals surface area contributed by atoms with Crippen molar-refractivity contribution in [3.8, 4) is 6.07 Å². The fourth-order valence-electron chi connectivity index (χ4n) is 1.54. The molecule has 0 bridgehead atoms. The number of rotatable bonds is 7. The standard InChI is InChI=1S/C15H14BFN2O2/c1-10(9-18)15(20)14-8-12(3-5-21-6-4-17)13(19-14)7-11(2)16/h3,5,7-8,19H,1,4,6H2,2H3/b5-3+,11-7+. The summed E-state index contributed by atoms with van der Waals surface area (Å²) in [7, 11) is 5.62. The van der Waals surface area contributed by atoms with Crippen LogP contribution in [0.25, 0.3) is 12.2 Å². The van der Waals surface area contributed by atoms with Crippen molar-refractivity contribution in [3.63, 3.8) is 0 Å². The van der Waals surface area contributed by atoms with Crippen LogP contribution < -0.4 is 0 Å². The van der Waals surface area contributed by atoms with E-state index in [9.17, 15) is 9.18 Å². The number of halogens is 1. The summed E-state index contributed by atoms with van der Waals surface area (Å²) in [5.41, 5.74) is 1.81. The number of nitrogens with one attached hydrogen (secondary N) is 1. The quantitative estimate of drug-likeness (QED) is 0.209. The van der Waals surface area contributed by atoms with Crippen molar-refractivity contribution in [2.75, 3.05) is 13.3 Å². The minimum Gasteiger partial charge on any atom is -0.498 e. The van der Waals surface area contributed by atoms with E-state index in [1.807, 2.05) is 0 Å². The lowest BCUT2D eigenvalue weighted by molar-refractivity contribution is 0.103. The molecule has 0 aromatic carbocycles. The smallest absolute Gasteiger partial charge is 0.219 e. The predicted octanol–water partition coefficient (Wildman–Crippen LogP) is 2.76. The number of carbonyl (C=O) groups is 1. The first kappa shape index (κ1) is 16.5. The molecule has 0 unspecified atom stereocenters. The summed E-state index contributed by atoms with van der Waals surface area (Å²) in [6.45, 7) is 4.45. The predicted molar refractivity (Wildman–Crippen MR) is 80.2 cm³/mol. The molecule has 1 heterocycles. The highest BCUT2D eigenvalue weighted by molar-refractivity contribution is 6.23. The minimum atomic E-state index is -0.585. The van der Waals surface area contributed by atoms with E-state index < -0.39 is 12.5 Å². The Morgan fingerprint density at radius 1 is 1.67 bits per heavy atom. The maximum absolute atomic E-state index is 11.9. The summed E-state index contributed by atoms with van der Waals surface area (Å²) < 4.78 is 16.8. The van der Waals surface area contributed by atoms with Crippen molar-refractivity contribution >= 4 is 25.8 Å². The van der Waals surface area contributed by atoms with E-state index in [1.165, 1.54) is 6.26 Å². The van der Waals surface area contributed by atoms with Gasteiger partial charge in [0.25, 0.3) is 0 Å². The monoisotopic (exact) mass is 284 g/mol. The molecule has 0 fully saturated rings. The fourth-order valence-corrected chi connectivity index (χ4v) is 1.54. The van der Waals surface area contributed by atoms with Crippen LogP contribution in [-0.2, 0) is 4.74 Å².